The summed E-state index contributed by atoms with van der Waals surface area (Å²) in [5.41, 5.74) is 0.572. The van der Waals surface area contributed by atoms with E-state index in [2.05, 4.69) is 10.3 Å². The SMILES string of the molecule is COC(=O)c1sc(NC(=O)C2CCCN(S(=O)(=O)c3ccc(C)s3)C2)nc1C(C)C. The summed E-state index contributed by atoms with van der Waals surface area (Å²) in [5.74, 6) is -1.27. The van der Waals surface area contributed by atoms with E-state index in [1.807, 2.05) is 20.8 Å². The van der Waals surface area contributed by atoms with Crippen LogP contribution in [-0.2, 0) is 19.6 Å². The first-order valence-corrected chi connectivity index (χ1v) is 12.7. The molecule has 0 radical (unpaired) electrons. The average Bonchev–Trinajstić information content (AvgIpc) is 3.34. The molecule has 1 aliphatic heterocycles. The zero-order valence-electron chi connectivity index (χ0n) is 17.3. The number of hydrogen-bond acceptors (Lipinski definition) is 8. The number of rotatable bonds is 6. The van der Waals surface area contributed by atoms with E-state index in [1.165, 1.54) is 22.8 Å². The third kappa shape index (κ3) is 4.74. The second-order valence-electron chi connectivity index (χ2n) is 7.44. The molecule has 1 unspecified atom stereocenters. The predicted molar refractivity (Wildman–Crippen MR) is 117 cm³/mol. The Morgan fingerprint density at radius 1 is 1.30 bits per heavy atom. The number of thiazole rings is 1. The molecular formula is C19H25N3O5S3. The van der Waals surface area contributed by atoms with E-state index in [9.17, 15) is 18.0 Å². The average molecular weight is 472 g/mol. The van der Waals surface area contributed by atoms with Crippen molar-refractivity contribution in [1.29, 1.82) is 0 Å². The molecule has 2 aromatic rings. The van der Waals surface area contributed by atoms with Gasteiger partial charge in [0.15, 0.2) is 5.13 Å². The number of ether oxygens (including phenoxy) is 1. The van der Waals surface area contributed by atoms with Crippen molar-refractivity contribution in [3.63, 3.8) is 0 Å². The zero-order valence-corrected chi connectivity index (χ0v) is 19.7. The lowest BCUT2D eigenvalue weighted by molar-refractivity contribution is -0.120. The van der Waals surface area contributed by atoms with E-state index < -0.39 is 21.9 Å². The number of hydrogen-bond donors (Lipinski definition) is 1. The first kappa shape index (κ1) is 22.9. The number of carbonyl (C=O) groups excluding carboxylic acids is 2. The van der Waals surface area contributed by atoms with Gasteiger partial charge in [0.1, 0.15) is 9.09 Å². The van der Waals surface area contributed by atoms with Gasteiger partial charge in [0, 0.05) is 18.0 Å². The molecule has 1 amide bonds. The molecule has 0 aromatic carbocycles. The molecule has 1 N–H and O–H groups in total. The summed E-state index contributed by atoms with van der Waals surface area (Å²) < 4.78 is 32.3. The monoisotopic (exact) mass is 471 g/mol. The van der Waals surface area contributed by atoms with Gasteiger partial charge in [-0.05, 0) is 37.8 Å². The van der Waals surface area contributed by atoms with Gasteiger partial charge in [0.05, 0.1) is 18.7 Å². The molecule has 2 aromatic heterocycles. The summed E-state index contributed by atoms with van der Waals surface area (Å²) in [6.45, 7) is 6.19. The smallest absolute Gasteiger partial charge is 0.350 e. The van der Waals surface area contributed by atoms with Crippen LogP contribution in [-0.4, -0.2) is 49.8 Å². The zero-order chi connectivity index (χ0) is 22.1. The molecule has 11 heteroatoms. The Morgan fingerprint density at radius 3 is 2.63 bits per heavy atom. The highest BCUT2D eigenvalue weighted by atomic mass is 32.2. The summed E-state index contributed by atoms with van der Waals surface area (Å²) in [5, 5.41) is 3.08. The number of sulfonamides is 1. The van der Waals surface area contributed by atoms with Crippen LogP contribution in [0.25, 0.3) is 0 Å². The number of aryl methyl sites for hydroxylation is 1. The van der Waals surface area contributed by atoms with Gasteiger partial charge in [-0.3, -0.25) is 4.79 Å². The number of nitrogens with zero attached hydrogens (tertiary/aromatic N) is 2. The van der Waals surface area contributed by atoms with Crippen molar-refractivity contribution in [2.24, 2.45) is 5.92 Å². The van der Waals surface area contributed by atoms with Gasteiger partial charge in [0.25, 0.3) is 10.0 Å². The molecule has 30 heavy (non-hydrogen) atoms. The van der Waals surface area contributed by atoms with E-state index in [4.69, 9.17) is 4.74 Å². The highest BCUT2D eigenvalue weighted by Gasteiger charge is 2.34. The van der Waals surface area contributed by atoms with Crippen LogP contribution >= 0.6 is 22.7 Å². The van der Waals surface area contributed by atoms with E-state index in [0.29, 0.717) is 39.3 Å². The molecule has 0 spiro atoms. The highest BCUT2D eigenvalue weighted by Crippen LogP contribution is 2.31. The van der Waals surface area contributed by atoms with Crippen LogP contribution in [0, 0.1) is 12.8 Å². The molecule has 0 bridgehead atoms. The van der Waals surface area contributed by atoms with Crippen molar-refractivity contribution in [3.05, 3.63) is 27.6 Å². The third-order valence-corrected chi connectivity index (χ3v) is 9.17. The Hall–Kier alpha value is -1.82. The summed E-state index contributed by atoms with van der Waals surface area (Å²) in [7, 11) is -2.31. The van der Waals surface area contributed by atoms with Crippen LogP contribution in [0.2, 0.25) is 0 Å². The number of nitrogens with one attached hydrogen (secondary N) is 1. The lowest BCUT2D eigenvalue weighted by Gasteiger charge is -2.30. The van der Waals surface area contributed by atoms with Crippen LogP contribution in [0.3, 0.4) is 0 Å². The molecule has 3 rings (SSSR count). The molecule has 3 heterocycles. The lowest BCUT2D eigenvalue weighted by atomic mass is 9.99. The number of amides is 1. The van der Waals surface area contributed by atoms with Gasteiger partial charge < -0.3 is 10.1 Å². The van der Waals surface area contributed by atoms with E-state index in [-0.39, 0.29) is 18.4 Å². The molecule has 1 atom stereocenters. The Labute approximate surface area is 184 Å². The number of carbonyl (C=O) groups is 2. The molecule has 0 saturated carbocycles. The summed E-state index contributed by atoms with van der Waals surface area (Å²) in [4.78, 5) is 30.5. The first-order valence-electron chi connectivity index (χ1n) is 9.60. The molecule has 8 nitrogen and oxygen atoms in total. The van der Waals surface area contributed by atoms with Crippen LogP contribution in [0.5, 0.6) is 0 Å². The van der Waals surface area contributed by atoms with E-state index in [0.717, 1.165) is 16.2 Å². The van der Waals surface area contributed by atoms with Crippen molar-refractivity contribution >= 4 is 49.7 Å². The highest BCUT2D eigenvalue weighted by molar-refractivity contribution is 7.91. The minimum Gasteiger partial charge on any atom is -0.465 e. The van der Waals surface area contributed by atoms with Crippen LogP contribution < -0.4 is 5.32 Å². The van der Waals surface area contributed by atoms with Crippen molar-refractivity contribution in [2.75, 3.05) is 25.5 Å². The van der Waals surface area contributed by atoms with Gasteiger partial charge >= 0.3 is 5.97 Å². The van der Waals surface area contributed by atoms with Crippen molar-refractivity contribution in [3.8, 4) is 0 Å². The van der Waals surface area contributed by atoms with Gasteiger partial charge in [-0.2, -0.15) is 4.31 Å². The van der Waals surface area contributed by atoms with Crippen molar-refractivity contribution < 1.29 is 22.7 Å². The van der Waals surface area contributed by atoms with Crippen LogP contribution in [0.4, 0.5) is 5.13 Å². The quantitative estimate of drug-likeness (QED) is 0.647. The van der Waals surface area contributed by atoms with Gasteiger partial charge in [-0.25, -0.2) is 18.2 Å². The van der Waals surface area contributed by atoms with E-state index in [1.54, 1.807) is 12.1 Å². The molecule has 1 fully saturated rings. The maximum absolute atomic E-state index is 12.9. The minimum atomic E-state index is -3.61. The number of aromatic nitrogens is 1. The number of thiophene rings is 1. The third-order valence-electron chi connectivity index (χ3n) is 4.87. The Balaban J connectivity index is 1.74. The maximum atomic E-state index is 12.9. The molecular weight excluding hydrogens is 446 g/mol. The fourth-order valence-corrected chi connectivity index (χ4v) is 7.28. The Kier molecular flexibility index (Phi) is 6.95. The second-order valence-corrected chi connectivity index (χ2v) is 11.9. The van der Waals surface area contributed by atoms with Gasteiger partial charge in [-0.1, -0.05) is 25.2 Å². The number of piperidine rings is 1. The lowest BCUT2D eigenvalue weighted by Crippen LogP contribution is -2.43. The number of methoxy groups -OCH3 is 1. The number of anilines is 1. The van der Waals surface area contributed by atoms with Crippen molar-refractivity contribution in [2.45, 2.75) is 43.7 Å². The van der Waals surface area contributed by atoms with E-state index >= 15 is 0 Å². The summed E-state index contributed by atoms with van der Waals surface area (Å²) >= 11 is 2.30. The van der Waals surface area contributed by atoms with Crippen molar-refractivity contribution in [1.82, 2.24) is 9.29 Å². The molecule has 1 aliphatic rings. The molecule has 164 valence electrons. The first-order chi connectivity index (χ1) is 14.1. The fourth-order valence-electron chi connectivity index (χ4n) is 3.28. The maximum Gasteiger partial charge on any atom is 0.350 e. The minimum absolute atomic E-state index is 0.00873. The fraction of sp³-hybridized carbons (Fsp3) is 0.526. The largest absolute Gasteiger partial charge is 0.465 e. The molecule has 0 aliphatic carbocycles. The topological polar surface area (TPSA) is 106 Å². The Morgan fingerprint density at radius 2 is 2.03 bits per heavy atom. The van der Waals surface area contributed by atoms with Gasteiger partial charge in [0.2, 0.25) is 5.91 Å². The van der Waals surface area contributed by atoms with Crippen LogP contribution in [0.1, 0.15) is 52.8 Å². The standard InChI is InChI=1S/C19H25N3O5S3/c1-11(2)15-16(18(24)27-4)29-19(20-15)21-17(23)13-6-5-9-22(10-13)30(25,26)14-8-7-12(3)28-14/h7-8,11,13H,5-6,9-10H2,1-4H3,(H,20,21,23). The predicted octanol–water partition coefficient (Wildman–Crippen LogP) is 3.46. The normalized spacial score (nSPS) is 17.8. The van der Waals surface area contributed by atoms with Gasteiger partial charge in [-0.15, -0.1) is 11.3 Å². The van der Waals surface area contributed by atoms with Crippen LogP contribution in [0.15, 0.2) is 16.3 Å². The molecule has 1 saturated heterocycles. The number of esters is 1. The second kappa shape index (κ2) is 9.13. The summed E-state index contributed by atoms with van der Waals surface area (Å²) in [6.07, 6.45) is 1.19. The summed E-state index contributed by atoms with van der Waals surface area (Å²) in [6, 6.07) is 3.38. The Bertz CT molecular complexity index is 1040.